The Morgan fingerprint density at radius 1 is 0.711 bits per heavy atom. The van der Waals surface area contributed by atoms with Crippen LogP contribution in [0.4, 0.5) is 23.3 Å². The van der Waals surface area contributed by atoms with E-state index in [1.807, 2.05) is 0 Å². The molecule has 200 valence electrons. The van der Waals surface area contributed by atoms with Crippen LogP contribution in [-0.4, -0.2) is 52.3 Å². The van der Waals surface area contributed by atoms with Crippen LogP contribution >= 0.6 is 10.9 Å². The third kappa shape index (κ3) is 6.74. The smallest absolute Gasteiger partial charge is 0.357 e. The van der Waals surface area contributed by atoms with Crippen molar-refractivity contribution in [2.24, 2.45) is 0 Å². The molecule has 2 heterocycles. The molecule has 0 fully saturated rings. The molecule has 38 heavy (non-hydrogen) atoms. The second-order valence-electron chi connectivity index (χ2n) is 8.00. The van der Waals surface area contributed by atoms with Crippen LogP contribution in [0.1, 0.15) is 23.3 Å². The number of rotatable bonds is 8. The van der Waals surface area contributed by atoms with Crippen molar-refractivity contribution in [3.8, 4) is 16.9 Å². The molecule has 14 nitrogen and oxygen atoms in total. The van der Waals surface area contributed by atoms with Gasteiger partial charge in [0.15, 0.2) is 5.75 Å². The SMILES string of the molecule is Cc1nc(C)nc(Nc2ccc(-c3ccc(Nc4nc(C)nc(C)n4)cc3S(O)(O)O)c(OS(=O)O)c2)n1. The van der Waals surface area contributed by atoms with E-state index in [9.17, 15) is 22.4 Å². The Morgan fingerprint density at radius 3 is 1.61 bits per heavy atom. The molecule has 2 aromatic heterocycles. The Balaban J connectivity index is 1.76. The zero-order chi connectivity index (χ0) is 27.6. The van der Waals surface area contributed by atoms with Gasteiger partial charge in [-0.3, -0.25) is 4.55 Å². The highest BCUT2D eigenvalue weighted by atomic mass is 32.3. The third-order valence-corrected chi connectivity index (χ3v) is 6.19. The Bertz CT molecular complexity index is 1490. The van der Waals surface area contributed by atoms with Crippen LogP contribution in [0.15, 0.2) is 41.3 Å². The minimum Gasteiger partial charge on any atom is -0.379 e. The molecule has 0 spiro atoms. The lowest BCUT2D eigenvalue weighted by molar-refractivity contribution is 0.376. The molecule has 1 atom stereocenters. The van der Waals surface area contributed by atoms with Crippen molar-refractivity contribution >= 4 is 45.5 Å². The summed E-state index contributed by atoms with van der Waals surface area (Å²) in [7, 11) is -4.26. The summed E-state index contributed by atoms with van der Waals surface area (Å²) in [4.78, 5) is 24.7. The van der Waals surface area contributed by atoms with Gasteiger partial charge < -0.3 is 28.5 Å². The monoisotopic (exact) mass is 560 g/mol. The van der Waals surface area contributed by atoms with Crippen LogP contribution in [0.3, 0.4) is 0 Å². The maximum absolute atomic E-state index is 11.6. The van der Waals surface area contributed by atoms with E-state index in [1.54, 1.807) is 39.8 Å². The fraction of sp³-hybridized carbons (Fsp3) is 0.182. The number of anilines is 4. The first kappa shape index (κ1) is 27.2. The number of nitrogens with zero attached hydrogens (tertiary/aromatic N) is 6. The Labute approximate surface area is 221 Å². The Kier molecular flexibility index (Phi) is 7.81. The second kappa shape index (κ2) is 10.9. The summed E-state index contributed by atoms with van der Waals surface area (Å²) in [5.41, 5.74) is 1.09. The zero-order valence-electron chi connectivity index (χ0n) is 20.6. The second-order valence-corrected chi connectivity index (χ2v) is 10.1. The van der Waals surface area contributed by atoms with Gasteiger partial charge in [-0.2, -0.15) is 24.1 Å². The number of aromatic nitrogens is 6. The average Bonchev–Trinajstić information content (AvgIpc) is 2.77. The lowest BCUT2D eigenvalue weighted by Crippen LogP contribution is -2.06. The molecular formula is C22H24N8O6S2. The van der Waals surface area contributed by atoms with Gasteiger partial charge in [0.25, 0.3) is 0 Å². The number of hydrogen-bond donors (Lipinski definition) is 6. The molecule has 0 aliphatic carbocycles. The van der Waals surface area contributed by atoms with E-state index >= 15 is 0 Å². The summed E-state index contributed by atoms with van der Waals surface area (Å²) < 4.78 is 56.8. The van der Waals surface area contributed by atoms with Gasteiger partial charge in [0.05, 0.1) is 4.90 Å². The first-order valence-corrected chi connectivity index (χ1v) is 13.4. The summed E-state index contributed by atoms with van der Waals surface area (Å²) in [6.07, 6.45) is 0. The number of nitrogens with one attached hydrogen (secondary N) is 2. The van der Waals surface area contributed by atoms with Gasteiger partial charge in [-0.05, 0) is 52.0 Å². The van der Waals surface area contributed by atoms with Crippen LogP contribution < -0.4 is 14.8 Å². The van der Waals surface area contributed by atoms with Crippen LogP contribution in [0, 0.1) is 27.7 Å². The predicted octanol–water partition coefficient (Wildman–Crippen LogP) is 4.54. The van der Waals surface area contributed by atoms with E-state index in [0.717, 1.165) is 0 Å². The van der Waals surface area contributed by atoms with Gasteiger partial charge in [-0.1, -0.05) is 6.07 Å². The number of hydrogen-bond acceptors (Lipinski definition) is 13. The highest BCUT2D eigenvalue weighted by molar-refractivity contribution is 8.19. The topological polar surface area (TPSA) is 209 Å². The quantitative estimate of drug-likeness (QED) is 0.163. The predicted molar refractivity (Wildman–Crippen MR) is 142 cm³/mol. The summed E-state index contributed by atoms with van der Waals surface area (Å²) in [6, 6.07) is 8.90. The molecule has 0 radical (unpaired) electrons. The van der Waals surface area contributed by atoms with E-state index in [4.69, 9.17) is 4.18 Å². The summed E-state index contributed by atoms with van der Waals surface area (Å²) in [5.74, 6) is 2.35. The van der Waals surface area contributed by atoms with Crippen molar-refractivity contribution in [2.45, 2.75) is 32.6 Å². The molecule has 0 amide bonds. The van der Waals surface area contributed by atoms with E-state index in [-0.39, 0.29) is 33.7 Å². The first-order chi connectivity index (χ1) is 17.9. The first-order valence-electron chi connectivity index (χ1n) is 10.9. The summed E-state index contributed by atoms with van der Waals surface area (Å²) in [5, 5.41) is 5.91. The van der Waals surface area contributed by atoms with Crippen LogP contribution in [0.25, 0.3) is 11.1 Å². The van der Waals surface area contributed by atoms with Crippen LogP contribution in [0.2, 0.25) is 0 Å². The maximum atomic E-state index is 11.6. The maximum Gasteiger partial charge on any atom is 0.357 e. The van der Waals surface area contributed by atoms with E-state index in [0.29, 0.717) is 34.7 Å². The highest BCUT2D eigenvalue weighted by Crippen LogP contribution is 2.51. The van der Waals surface area contributed by atoms with E-state index in [1.165, 1.54) is 24.3 Å². The Morgan fingerprint density at radius 2 is 1.16 bits per heavy atom. The Hall–Kier alpha value is -3.80. The third-order valence-electron chi connectivity index (χ3n) is 4.94. The van der Waals surface area contributed by atoms with Crippen molar-refractivity contribution in [2.75, 3.05) is 10.6 Å². The van der Waals surface area contributed by atoms with Crippen LogP contribution in [-0.2, 0) is 11.4 Å². The molecule has 4 rings (SSSR count). The average molecular weight is 561 g/mol. The van der Waals surface area contributed by atoms with Gasteiger partial charge in [0.1, 0.15) is 34.2 Å². The van der Waals surface area contributed by atoms with Gasteiger partial charge in [-0.15, -0.1) is 0 Å². The van der Waals surface area contributed by atoms with Crippen molar-refractivity contribution < 1.29 is 26.6 Å². The van der Waals surface area contributed by atoms with Gasteiger partial charge in [0, 0.05) is 28.6 Å². The minimum absolute atomic E-state index is 0.0901. The van der Waals surface area contributed by atoms with E-state index < -0.39 is 22.2 Å². The minimum atomic E-state index is -4.26. The van der Waals surface area contributed by atoms with Crippen molar-refractivity contribution in [3.63, 3.8) is 0 Å². The highest BCUT2D eigenvalue weighted by Gasteiger charge is 2.24. The summed E-state index contributed by atoms with van der Waals surface area (Å²) >= 11 is -2.71. The number of benzene rings is 2. The van der Waals surface area contributed by atoms with Gasteiger partial charge >= 0.3 is 11.4 Å². The van der Waals surface area contributed by atoms with Crippen molar-refractivity contribution in [1.29, 1.82) is 0 Å². The molecule has 16 heteroatoms. The van der Waals surface area contributed by atoms with Crippen molar-refractivity contribution in [1.82, 2.24) is 29.9 Å². The van der Waals surface area contributed by atoms with Crippen molar-refractivity contribution in [3.05, 3.63) is 59.7 Å². The fourth-order valence-electron chi connectivity index (χ4n) is 3.62. The normalized spacial score (nSPS) is 12.6. The summed E-state index contributed by atoms with van der Waals surface area (Å²) in [6.45, 7) is 6.83. The molecule has 2 aromatic carbocycles. The molecule has 0 saturated heterocycles. The molecule has 0 bridgehead atoms. The molecule has 0 aliphatic heterocycles. The molecule has 0 saturated carbocycles. The van der Waals surface area contributed by atoms with E-state index in [2.05, 4.69) is 40.5 Å². The fourth-order valence-corrected chi connectivity index (χ4v) is 4.67. The largest absolute Gasteiger partial charge is 0.379 e. The molecule has 1 unspecified atom stereocenters. The zero-order valence-corrected chi connectivity index (χ0v) is 22.2. The standard InChI is InChI=1S/C22H24N8O6S2/c1-11-23-12(2)26-21(25-11)29-15-5-7-17(19(9-15)36-37(31)32)18-8-6-16(10-20(18)38(33,34)35)30-22-27-13(3)24-14(4)28-22/h5-10,33-35H,1-4H3,(H,31,32)(H,23,25,26,29)(H,24,27,28,30). The molecule has 6 N–H and O–H groups in total. The van der Waals surface area contributed by atoms with Crippen LogP contribution in [0.5, 0.6) is 5.75 Å². The molecule has 0 aliphatic rings. The van der Waals surface area contributed by atoms with Gasteiger partial charge in [-0.25, -0.2) is 9.97 Å². The molecular weight excluding hydrogens is 536 g/mol. The lowest BCUT2D eigenvalue weighted by atomic mass is 10.0. The lowest BCUT2D eigenvalue weighted by Gasteiger charge is -2.24. The molecule has 4 aromatic rings. The van der Waals surface area contributed by atoms with Gasteiger partial charge in [0.2, 0.25) is 11.9 Å². The number of aryl methyl sites for hydroxylation is 4.